The maximum Gasteiger partial charge on any atom is 0.342 e. The molecule has 0 aliphatic heterocycles. The van der Waals surface area contributed by atoms with Gasteiger partial charge in [0.15, 0.2) is 11.0 Å². The summed E-state index contributed by atoms with van der Waals surface area (Å²) >= 11 is 0. The summed E-state index contributed by atoms with van der Waals surface area (Å²) in [6.45, 7) is 1.63. The van der Waals surface area contributed by atoms with E-state index >= 15 is 0 Å². The number of hydrogen-bond acceptors (Lipinski definition) is 5. The van der Waals surface area contributed by atoms with Gasteiger partial charge in [-0.05, 0) is 31.2 Å². The van der Waals surface area contributed by atoms with E-state index in [0.717, 1.165) is 11.1 Å². The van der Waals surface area contributed by atoms with Crippen molar-refractivity contribution in [1.82, 2.24) is 4.40 Å². The van der Waals surface area contributed by atoms with E-state index in [4.69, 9.17) is 9.15 Å². The second-order valence-corrected chi connectivity index (χ2v) is 7.64. The molecule has 0 unspecified atom stereocenters. The highest BCUT2D eigenvalue weighted by molar-refractivity contribution is 6.02. The third-order valence-electron chi connectivity index (χ3n) is 5.63. The number of ether oxygens (including phenoxy) is 1. The lowest BCUT2D eigenvalue weighted by atomic mass is 10.0. The van der Waals surface area contributed by atoms with Crippen LogP contribution in [0.25, 0.3) is 27.8 Å². The third-order valence-corrected chi connectivity index (χ3v) is 5.63. The average Bonchev–Trinajstić information content (AvgIpc) is 3.22. The summed E-state index contributed by atoms with van der Waals surface area (Å²) in [5.41, 5.74) is 3.15. The topological polar surface area (TPSA) is 84.7 Å². The van der Waals surface area contributed by atoms with Crippen molar-refractivity contribution in [3.05, 3.63) is 112 Å². The van der Waals surface area contributed by atoms with Crippen molar-refractivity contribution in [1.29, 1.82) is 5.26 Å². The Hall–Kier alpha value is -4.63. The Labute approximate surface area is 188 Å². The third kappa shape index (κ3) is 3.46. The average molecular weight is 434 g/mol. The van der Waals surface area contributed by atoms with Gasteiger partial charge in [-0.15, -0.1) is 0 Å². The minimum atomic E-state index is -0.634. The first kappa shape index (κ1) is 20.3. The minimum absolute atomic E-state index is 0.0819. The molecule has 2 aromatic carbocycles. The van der Waals surface area contributed by atoms with E-state index in [1.165, 1.54) is 0 Å². The van der Waals surface area contributed by atoms with Gasteiger partial charge < -0.3 is 13.6 Å². The van der Waals surface area contributed by atoms with E-state index in [2.05, 4.69) is 6.07 Å². The van der Waals surface area contributed by atoms with Crippen LogP contribution in [0.2, 0.25) is 0 Å². The van der Waals surface area contributed by atoms with Gasteiger partial charge in [-0.3, -0.25) is 4.79 Å². The molecule has 0 bridgehead atoms. The quantitative estimate of drug-likeness (QED) is 0.361. The molecule has 0 amide bonds. The molecule has 0 radical (unpaired) electrons. The van der Waals surface area contributed by atoms with Crippen molar-refractivity contribution >= 4 is 22.5 Å². The van der Waals surface area contributed by atoms with Crippen LogP contribution in [0.5, 0.6) is 0 Å². The number of nitriles is 1. The molecule has 0 saturated carbocycles. The number of nitrogens with zero attached hydrogens (tertiary/aromatic N) is 2. The molecule has 3 aromatic heterocycles. The van der Waals surface area contributed by atoms with Crippen LogP contribution in [0, 0.1) is 18.3 Å². The van der Waals surface area contributed by atoms with Crippen molar-refractivity contribution < 1.29 is 13.9 Å². The lowest BCUT2D eigenvalue weighted by molar-refractivity contribution is 0.0473. The van der Waals surface area contributed by atoms with Crippen molar-refractivity contribution in [2.45, 2.75) is 13.5 Å². The van der Waals surface area contributed by atoms with Crippen LogP contribution < -0.4 is 5.43 Å². The van der Waals surface area contributed by atoms with Gasteiger partial charge in [0.1, 0.15) is 24.0 Å². The van der Waals surface area contributed by atoms with E-state index in [-0.39, 0.29) is 23.2 Å². The second-order valence-electron chi connectivity index (χ2n) is 7.64. The van der Waals surface area contributed by atoms with Gasteiger partial charge in [-0.2, -0.15) is 5.26 Å². The molecule has 0 aliphatic rings. The van der Waals surface area contributed by atoms with E-state index in [1.54, 1.807) is 31.3 Å². The number of rotatable bonds is 4. The zero-order valence-corrected chi connectivity index (χ0v) is 17.7. The Morgan fingerprint density at radius 3 is 2.64 bits per heavy atom. The molecule has 33 heavy (non-hydrogen) atoms. The van der Waals surface area contributed by atoms with Gasteiger partial charge in [-0.25, -0.2) is 4.79 Å². The van der Waals surface area contributed by atoms with Crippen molar-refractivity contribution in [2.75, 3.05) is 0 Å². The Morgan fingerprint density at radius 1 is 1.06 bits per heavy atom. The van der Waals surface area contributed by atoms with Gasteiger partial charge in [0.05, 0.1) is 16.5 Å². The largest absolute Gasteiger partial charge is 0.457 e. The molecular weight excluding hydrogens is 416 g/mol. The molecule has 0 aliphatic carbocycles. The first-order valence-corrected chi connectivity index (χ1v) is 10.4. The van der Waals surface area contributed by atoms with Crippen molar-refractivity contribution in [3.8, 4) is 17.4 Å². The van der Waals surface area contributed by atoms with Crippen LogP contribution in [0.1, 0.15) is 27.0 Å². The molecule has 3 heterocycles. The van der Waals surface area contributed by atoms with E-state index < -0.39 is 5.97 Å². The predicted molar refractivity (Wildman–Crippen MR) is 124 cm³/mol. The smallest absolute Gasteiger partial charge is 0.342 e. The molecule has 5 aromatic rings. The highest BCUT2D eigenvalue weighted by atomic mass is 16.5. The molecule has 0 spiro atoms. The fourth-order valence-corrected chi connectivity index (χ4v) is 3.97. The molecular formula is C27H18N2O4. The number of carbonyl (C=O) groups is 1. The first-order chi connectivity index (χ1) is 16.1. The van der Waals surface area contributed by atoms with Gasteiger partial charge in [-0.1, -0.05) is 42.5 Å². The Kier molecular flexibility index (Phi) is 5.00. The Balaban J connectivity index is 1.54. The SMILES string of the molecule is Cc1c(-c2ccccc2)oc2c(C(=O)OCc3cn4ccccc4c3C#N)cccc2c1=O. The number of carbonyl (C=O) groups excluding carboxylic acids is 1. The maximum atomic E-state index is 13.0. The normalized spacial score (nSPS) is 10.9. The monoisotopic (exact) mass is 434 g/mol. The molecule has 160 valence electrons. The van der Waals surface area contributed by atoms with Crippen LogP contribution in [0.3, 0.4) is 0 Å². The fraction of sp³-hybridized carbons (Fsp3) is 0.0741. The lowest BCUT2D eigenvalue weighted by Crippen LogP contribution is -2.11. The Bertz CT molecular complexity index is 1620. The second kappa shape index (κ2) is 8.13. The lowest BCUT2D eigenvalue weighted by Gasteiger charge is -2.10. The van der Waals surface area contributed by atoms with Crippen LogP contribution in [-0.4, -0.2) is 10.4 Å². The zero-order valence-electron chi connectivity index (χ0n) is 17.7. The highest BCUT2D eigenvalue weighted by Crippen LogP contribution is 2.28. The van der Waals surface area contributed by atoms with Gasteiger partial charge in [0.2, 0.25) is 0 Å². The standard InChI is InChI=1S/C27H18N2O4/c1-17-24(30)20-10-7-11-21(26(20)33-25(17)18-8-3-2-4-9-18)27(31)32-16-19-15-29-13-6-5-12-23(29)22(19)14-28/h2-13,15H,16H2,1H3. The number of benzene rings is 2. The van der Waals surface area contributed by atoms with Gasteiger partial charge in [0, 0.05) is 29.1 Å². The maximum absolute atomic E-state index is 13.0. The van der Waals surface area contributed by atoms with E-state index in [0.29, 0.717) is 27.8 Å². The van der Waals surface area contributed by atoms with Crippen LogP contribution in [0.15, 0.2) is 88.3 Å². The molecule has 0 fully saturated rings. The summed E-state index contributed by atoms with van der Waals surface area (Å²) in [5.74, 6) is -0.218. The number of pyridine rings is 1. The highest BCUT2D eigenvalue weighted by Gasteiger charge is 2.20. The molecule has 0 saturated heterocycles. The summed E-state index contributed by atoms with van der Waals surface area (Å²) in [6.07, 6.45) is 3.59. The van der Waals surface area contributed by atoms with E-state index in [9.17, 15) is 14.9 Å². The van der Waals surface area contributed by atoms with Gasteiger partial charge in [0.25, 0.3) is 0 Å². The predicted octanol–water partition coefficient (Wildman–Crippen LogP) is 5.25. The van der Waals surface area contributed by atoms with Crippen LogP contribution >= 0.6 is 0 Å². The molecule has 6 heteroatoms. The molecule has 0 N–H and O–H groups in total. The first-order valence-electron chi connectivity index (χ1n) is 10.4. The number of para-hydroxylation sites is 1. The van der Waals surface area contributed by atoms with Crippen molar-refractivity contribution in [2.24, 2.45) is 0 Å². The van der Waals surface area contributed by atoms with Crippen LogP contribution in [0.4, 0.5) is 0 Å². The number of aromatic nitrogens is 1. The molecule has 5 rings (SSSR count). The summed E-state index contributed by atoms with van der Waals surface area (Å²) in [5, 5.41) is 9.88. The van der Waals surface area contributed by atoms with Crippen molar-refractivity contribution in [3.63, 3.8) is 0 Å². The summed E-state index contributed by atoms with van der Waals surface area (Å²) < 4.78 is 13.5. The van der Waals surface area contributed by atoms with Gasteiger partial charge >= 0.3 is 5.97 Å². The molecule has 6 nitrogen and oxygen atoms in total. The minimum Gasteiger partial charge on any atom is -0.457 e. The summed E-state index contributed by atoms with van der Waals surface area (Å²) in [4.78, 5) is 26.0. The number of esters is 1. The number of fused-ring (bicyclic) bond motifs is 2. The summed E-state index contributed by atoms with van der Waals surface area (Å²) in [6, 6.07) is 21.8. The summed E-state index contributed by atoms with van der Waals surface area (Å²) in [7, 11) is 0. The fourth-order valence-electron chi connectivity index (χ4n) is 3.97. The Morgan fingerprint density at radius 2 is 1.85 bits per heavy atom. The zero-order chi connectivity index (χ0) is 22.9. The number of hydrogen-bond donors (Lipinski definition) is 0. The van der Waals surface area contributed by atoms with E-state index in [1.807, 2.05) is 59.1 Å². The molecule has 0 atom stereocenters. The van der Waals surface area contributed by atoms with Crippen LogP contribution in [-0.2, 0) is 11.3 Å².